The van der Waals surface area contributed by atoms with Gasteiger partial charge in [0.25, 0.3) is 0 Å². The van der Waals surface area contributed by atoms with Crippen molar-refractivity contribution in [2.24, 2.45) is 13.0 Å². The highest BCUT2D eigenvalue weighted by Gasteiger charge is 2.38. The molecule has 0 unspecified atom stereocenters. The third kappa shape index (κ3) is 4.08. The molecule has 0 spiro atoms. The first kappa shape index (κ1) is 17.6. The highest BCUT2D eigenvalue weighted by atomic mass is 16.5. The standard InChI is InChI=1S/C19H26N4O2/c1-22-12-17(11-21-22)19-16(8-18(24)23(19)2)10-20-9-14-5-4-6-15(7-14)13-25-3/h4-7,11-12,16,19-20H,8-10,13H2,1-3H3/t16-,19+/m0/s1. The minimum Gasteiger partial charge on any atom is -0.380 e. The molecule has 2 aromatic rings. The zero-order chi connectivity index (χ0) is 17.8. The number of ether oxygens (including phenoxy) is 1. The van der Waals surface area contributed by atoms with Crippen molar-refractivity contribution in [1.29, 1.82) is 0 Å². The SMILES string of the molecule is COCc1cccc(CNC[C@@H]2CC(=O)N(C)[C@H]2c2cnn(C)c2)c1. The summed E-state index contributed by atoms with van der Waals surface area (Å²) in [7, 11) is 5.49. The van der Waals surface area contributed by atoms with Crippen LogP contribution in [-0.2, 0) is 29.7 Å². The maximum absolute atomic E-state index is 12.2. The Morgan fingerprint density at radius 3 is 2.84 bits per heavy atom. The summed E-state index contributed by atoms with van der Waals surface area (Å²) >= 11 is 0. The molecule has 134 valence electrons. The van der Waals surface area contributed by atoms with Crippen molar-refractivity contribution in [2.75, 3.05) is 20.7 Å². The Balaban J connectivity index is 1.61. The minimum absolute atomic E-state index is 0.0912. The molecule has 1 aliphatic heterocycles. The fourth-order valence-electron chi connectivity index (χ4n) is 3.62. The average Bonchev–Trinajstić information content (AvgIpc) is 3.12. The number of hydrogen-bond acceptors (Lipinski definition) is 4. The molecular weight excluding hydrogens is 316 g/mol. The van der Waals surface area contributed by atoms with Crippen LogP contribution < -0.4 is 5.32 Å². The van der Waals surface area contributed by atoms with E-state index < -0.39 is 0 Å². The number of methoxy groups -OCH3 is 1. The highest BCUT2D eigenvalue weighted by molar-refractivity contribution is 5.79. The molecule has 0 radical (unpaired) electrons. The van der Waals surface area contributed by atoms with Gasteiger partial charge in [0.05, 0.1) is 18.8 Å². The van der Waals surface area contributed by atoms with Crippen LogP contribution in [0.1, 0.15) is 29.2 Å². The van der Waals surface area contributed by atoms with Gasteiger partial charge in [0.1, 0.15) is 0 Å². The van der Waals surface area contributed by atoms with Gasteiger partial charge in [-0.3, -0.25) is 9.48 Å². The van der Waals surface area contributed by atoms with Crippen LogP contribution >= 0.6 is 0 Å². The molecule has 1 saturated heterocycles. The summed E-state index contributed by atoms with van der Waals surface area (Å²) in [6.07, 6.45) is 4.44. The highest BCUT2D eigenvalue weighted by Crippen LogP contribution is 2.36. The number of carbonyl (C=O) groups excluding carboxylic acids is 1. The van der Waals surface area contributed by atoms with Crippen LogP contribution in [0.5, 0.6) is 0 Å². The first-order valence-corrected chi connectivity index (χ1v) is 8.60. The van der Waals surface area contributed by atoms with E-state index in [2.05, 4.69) is 34.7 Å². The molecule has 25 heavy (non-hydrogen) atoms. The Morgan fingerprint density at radius 2 is 2.12 bits per heavy atom. The number of aromatic nitrogens is 2. The average molecular weight is 342 g/mol. The van der Waals surface area contributed by atoms with Crippen LogP contribution in [0.25, 0.3) is 0 Å². The molecule has 0 aliphatic carbocycles. The lowest BCUT2D eigenvalue weighted by Crippen LogP contribution is -2.28. The van der Waals surface area contributed by atoms with Crippen molar-refractivity contribution < 1.29 is 9.53 Å². The van der Waals surface area contributed by atoms with Gasteiger partial charge in [-0.1, -0.05) is 24.3 Å². The summed E-state index contributed by atoms with van der Waals surface area (Å²) in [5, 5.41) is 7.77. The van der Waals surface area contributed by atoms with Crippen molar-refractivity contribution in [3.05, 3.63) is 53.3 Å². The molecule has 2 atom stereocenters. The van der Waals surface area contributed by atoms with Gasteiger partial charge in [-0.15, -0.1) is 0 Å². The molecule has 1 aromatic heterocycles. The Hall–Kier alpha value is -2.18. The zero-order valence-electron chi connectivity index (χ0n) is 15.1. The molecule has 6 heteroatoms. The number of hydrogen-bond donors (Lipinski definition) is 1. The molecule has 1 fully saturated rings. The van der Waals surface area contributed by atoms with E-state index in [4.69, 9.17) is 4.74 Å². The Kier molecular flexibility index (Phi) is 5.50. The molecule has 1 aliphatic rings. The van der Waals surface area contributed by atoms with Crippen molar-refractivity contribution in [3.8, 4) is 0 Å². The normalized spacial score (nSPS) is 20.4. The number of benzene rings is 1. The van der Waals surface area contributed by atoms with E-state index in [0.717, 1.165) is 18.7 Å². The quantitative estimate of drug-likeness (QED) is 0.835. The Labute approximate surface area is 148 Å². The van der Waals surface area contributed by atoms with Gasteiger partial charge >= 0.3 is 0 Å². The summed E-state index contributed by atoms with van der Waals surface area (Å²) in [5.74, 6) is 0.451. The van der Waals surface area contributed by atoms with E-state index in [1.165, 1.54) is 11.1 Å². The van der Waals surface area contributed by atoms with Gasteiger partial charge in [0.2, 0.25) is 5.91 Å². The second-order valence-corrected chi connectivity index (χ2v) is 6.74. The first-order valence-electron chi connectivity index (χ1n) is 8.60. The molecule has 6 nitrogen and oxygen atoms in total. The van der Waals surface area contributed by atoms with Crippen molar-refractivity contribution in [3.63, 3.8) is 0 Å². The number of carbonyl (C=O) groups is 1. The van der Waals surface area contributed by atoms with Crippen LogP contribution in [-0.4, -0.2) is 41.3 Å². The minimum atomic E-state index is 0.0912. The summed E-state index contributed by atoms with van der Waals surface area (Å²) in [4.78, 5) is 14.0. The number of rotatable bonds is 7. The molecule has 0 saturated carbocycles. The zero-order valence-corrected chi connectivity index (χ0v) is 15.1. The number of nitrogens with zero attached hydrogens (tertiary/aromatic N) is 3. The van der Waals surface area contributed by atoms with Crippen LogP contribution in [0.4, 0.5) is 0 Å². The van der Waals surface area contributed by atoms with E-state index in [1.807, 2.05) is 31.4 Å². The molecule has 3 rings (SSSR count). The molecule has 1 N–H and O–H groups in total. The van der Waals surface area contributed by atoms with Crippen molar-refractivity contribution >= 4 is 5.91 Å². The number of nitrogens with one attached hydrogen (secondary N) is 1. The molecule has 2 heterocycles. The number of likely N-dealkylation sites (tertiary alicyclic amines) is 1. The van der Waals surface area contributed by atoms with Crippen molar-refractivity contribution in [1.82, 2.24) is 20.0 Å². The fourth-order valence-corrected chi connectivity index (χ4v) is 3.62. The van der Waals surface area contributed by atoms with E-state index in [9.17, 15) is 4.79 Å². The molecule has 1 amide bonds. The molecule has 0 bridgehead atoms. The fraction of sp³-hybridized carbons (Fsp3) is 0.474. The largest absolute Gasteiger partial charge is 0.380 e. The van der Waals surface area contributed by atoms with E-state index >= 15 is 0 Å². The van der Waals surface area contributed by atoms with Crippen LogP contribution in [0.2, 0.25) is 0 Å². The third-order valence-electron chi connectivity index (χ3n) is 4.80. The summed E-state index contributed by atoms with van der Waals surface area (Å²) in [6.45, 7) is 2.20. The van der Waals surface area contributed by atoms with Gasteiger partial charge in [-0.05, 0) is 11.1 Å². The predicted molar refractivity (Wildman–Crippen MR) is 95.7 cm³/mol. The molecule has 1 aromatic carbocycles. The van der Waals surface area contributed by atoms with E-state index in [-0.39, 0.29) is 17.9 Å². The second-order valence-electron chi connectivity index (χ2n) is 6.74. The lowest BCUT2D eigenvalue weighted by Gasteiger charge is -2.24. The van der Waals surface area contributed by atoms with Gasteiger partial charge in [-0.25, -0.2) is 0 Å². The smallest absolute Gasteiger partial charge is 0.223 e. The second kappa shape index (κ2) is 7.80. The lowest BCUT2D eigenvalue weighted by molar-refractivity contribution is -0.127. The summed E-state index contributed by atoms with van der Waals surface area (Å²) in [6, 6.07) is 8.47. The molecular formula is C19H26N4O2. The van der Waals surface area contributed by atoms with Crippen molar-refractivity contribution in [2.45, 2.75) is 25.6 Å². The topological polar surface area (TPSA) is 59.4 Å². The Bertz CT molecular complexity index is 728. The summed E-state index contributed by atoms with van der Waals surface area (Å²) in [5.41, 5.74) is 3.50. The third-order valence-corrected chi connectivity index (χ3v) is 4.80. The van der Waals surface area contributed by atoms with Crippen LogP contribution in [0, 0.1) is 5.92 Å². The first-order chi connectivity index (χ1) is 12.1. The predicted octanol–water partition coefficient (Wildman–Crippen LogP) is 1.88. The van der Waals surface area contributed by atoms with Gasteiger partial charge in [-0.2, -0.15) is 5.10 Å². The van der Waals surface area contributed by atoms with Gasteiger partial charge < -0.3 is 15.0 Å². The monoisotopic (exact) mass is 342 g/mol. The maximum atomic E-state index is 12.2. The van der Waals surface area contributed by atoms with Gasteiger partial charge in [0.15, 0.2) is 0 Å². The van der Waals surface area contributed by atoms with Crippen LogP contribution in [0.15, 0.2) is 36.7 Å². The van der Waals surface area contributed by atoms with Gasteiger partial charge in [0, 0.05) is 58.4 Å². The van der Waals surface area contributed by atoms with E-state index in [0.29, 0.717) is 13.0 Å². The lowest BCUT2D eigenvalue weighted by atomic mass is 9.95. The maximum Gasteiger partial charge on any atom is 0.223 e. The summed E-state index contributed by atoms with van der Waals surface area (Å²) < 4.78 is 6.98. The van der Waals surface area contributed by atoms with E-state index in [1.54, 1.807) is 11.8 Å². The number of aryl methyl sites for hydroxylation is 1. The van der Waals surface area contributed by atoms with Crippen LogP contribution in [0.3, 0.4) is 0 Å². The Morgan fingerprint density at radius 1 is 1.32 bits per heavy atom. The number of amides is 1.